The van der Waals surface area contributed by atoms with E-state index in [1.54, 1.807) is 4.90 Å². The van der Waals surface area contributed by atoms with Crippen LogP contribution in [0.3, 0.4) is 0 Å². The lowest BCUT2D eigenvalue weighted by Gasteiger charge is -2.49. The van der Waals surface area contributed by atoms with Crippen molar-refractivity contribution in [3.8, 4) is 0 Å². The van der Waals surface area contributed by atoms with Crippen molar-refractivity contribution in [2.45, 2.75) is 75.4 Å². The smallest absolute Gasteiger partial charge is 0.373 e. The van der Waals surface area contributed by atoms with Crippen LogP contribution in [-0.4, -0.2) is 41.6 Å². The van der Waals surface area contributed by atoms with Crippen LogP contribution >= 0.6 is 0 Å². The van der Waals surface area contributed by atoms with E-state index in [1.165, 1.54) is 20.2 Å². The molecule has 0 radical (unpaired) electrons. The fraction of sp³-hybridized carbons (Fsp3) is 0.483. The molecule has 1 heterocycles. The number of halogens is 6. The molecule has 0 N–H and O–H groups in total. The molecule has 4 rings (SSSR count). The number of aliphatic imine (C=N–C) groups is 1. The molecule has 1 atom stereocenters. The van der Waals surface area contributed by atoms with Crippen LogP contribution in [0.1, 0.15) is 74.3 Å². The van der Waals surface area contributed by atoms with Crippen LogP contribution in [0.2, 0.25) is 0 Å². The highest BCUT2D eigenvalue weighted by Crippen LogP contribution is 2.48. The van der Waals surface area contributed by atoms with E-state index < -0.39 is 40.5 Å². The third-order valence-corrected chi connectivity index (χ3v) is 7.99. The van der Waals surface area contributed by atoms with Crippen molar-refractivity contribution in [2.75, 3.05) is 13.2 Å². The number of nitrogens with zero attached hydrogens (tertiary/aromatic N) is 2. The second kappa shape index (κ2) is 11.0. The van der Waals surface area contributed by atoms with Gasteiger partial charge in [-0.2, -0.15) is 26.3 Å². The van der Waals surface area contributed by atoms with Crippen LogP contribution in [0.4, 0.5) is 26.3 Å². The maximum atomic E-state index is 13.4. The lowest BCUT2D eigenvalue weighted by molar-refractivity contribution is -0.143. The molecule has 40 heavy (non-hydrogen) atoms. The van der Waals surface area contributed by atoms with Crippen LogP contribution in [-0.2, 0) is 32.1 Å². The summed E-state index contributed by atoms with van der Waals surface area (Å²) >= 11 is 0. The minimum atomic E-state index is -4.96. The van der Waals surface area contributed by atoms with E-state index in [4.69, 9.17) is 4.74 Å². The molecule has 11 heteroatoms. The summed E-state index contributed by atoms with van der Waals surface area (Å²) in [6.45, 7) is 2.93. The Balaban J connectivity index is 1.62. The lowest BCUT2D eigenvalue weighted by atomic mass is 9.63. The van der Waals surface area contributed by atoms with Crippen LogP contribution in [0.15, 0.2) is 53.5 Å². The molecule has 0 saturated heterocycles. The number of ether oxygens (including phenoxy) is 1. The number of Topliss-reactive ketones (excluding diaryl/α,β-unsaturated/α-hetero) is 1. The molecule has 0 bridgehead atoms. The van der Waals surface area contributed by atoms with Crippen LogP contribution in [0.25, 0.3) is 0 Å². The van der Waals surface area contributed by atoms with Crippen molar-refractivity contribution < 1.29 is 40.7 Å². The molecule has 2 aromatic rings. The number of benzene rings is 2. The predicted octanol–water partition coefficient (Wildman–Crippen LogP) is 6.90. The summed E-state index contributed by atoms with van der Waals surface area (Å²) < 4.78 is 86.5. The Bertz CT molecular complexity index is 1230. The van der Waals surface area contributed by atoms with Gasteiger partial charge in [-0.25, -0.2) is 0 Å². The van der Waals surface area contributed by atoms with E-state index in [0.29, 0.717) is 37.8 Å². The fourth-order valence-corrected chi connectivity index (χ4v) is 5.79. The maximum Gasteiger partial charge on any atom is 0.416 e. The van der Waals surface area contributed by atoms with Crippen molar-refractivity contribution in [1.29, 1.82) is 0 Å². The van der Waals surface area contributed by atoms with Gasteiger partial charge in [0.1, 0.15) is 12.3 Å². The number of ketones is 1. The van der Waals surface area contributed by atoms with Gasteiger partial charge in [-0.05, 0) is 68.9 Å². The maximum absolute atomic E-state index is 13.4. The molecule has 1 fully saturated rings. The first-order chi connectivity index (χ1) is 18.7. The number of amides is 1. The average Bonchev–Trinajstić information content (AvgIpc) is 3.33. The van der Waals surface area contributed by atoms with E-state index in [-0.39, 0.29) is 42.9 Å². The molecule has 5 nitrogen and oxygen atoms in total. The van der Waals surface area contributed by atoms with E-state index in [1.807, 2.05) is 30.3 Å². The first kappa shape index (κ1) is 29.8. The van der Waals surface area contributed by atoms with Gasteiger partial charge < -0.3 is 4.74 Å². The number of carbonyl (C=O) groups is 2. The molecular formula is C29H30F6N2O3. The van der Waals surface area contributed by atoms with Crippen molar-refractivity contribution in [3.63, 3.8) is 0 Å². The molecule has 2 aliphatic rings. The summed E-state index contributed by atoms with van der Waals surface area (Å²) in [5, 5.41) is 0. The second-order valence-corrected chi connectivity index (χ2v) is 10.8. The van der Waals surface area contributed by atoms with Crippen molar-refractivity contribution in [3.05, 3.63) is 70.8 Å². The minimum Gasteiger partial charge on any atom is -0.373 e. The zero-order valence-corrected chi connectivity index (χ0v) is 22.1. The van der Waals surface area contributed by atoms with Crippen molar-refractivity contribution in [1.82, 2.24) is 4.90 Å². The van der Waals surface area contributed by atoms with Gasteiger partial charge in [0, 0.05) is 11.8 Å². The third-order valence-electron chi connectivity index (χ3n) is 7.99. The Kier molecular flexibility index (Phi) is 8.18. The molecular weight excluding hydrogens is 538 g/mol. The zero-order chi connectivity index (χ0) is 29.3. The van der Waals surface area contributed by atoms with Crippen LogP contribution in [0, 0.1) is 0 Å². The van der Waals surface area contributed by atoms with Gasteiger partial charge in [-0.3, -0.25) is 19.5 Å². The van der Waals surface area contributed by atoms with Gasteiger partial charge in [0.05, 0.1) is 35.7 Å². The molecule has 0 unspecified atom stereocenters. The highest BCUT2D eigenvalue weighted by atomic mass is 19.4. The predicted molar refractivity (Wildman–Crippen MR) is 136 cm³/mol. The monoisotopic (exact) mass is 568 g/mol. The Labute approximate surface area is 228 Å². The summed E-state index contributed by atoms with van der Waals surface area (Å²) in [7, 11) is 0. The molecule has 0 aromatic heterocycles. The van der Waals surface area contributed by atoms with Gasteiger partial charge in [-0.15, -0.1) is 0 Å². The quantitative estimate of drug-likeness (QED) is 0.326. The number of hydrogen-bond donors (Lipinski definition) is 0. The van der Waals surface area contributed by atoms with E-state index in [2.05, 4.69) is 4.99 Å². The van der Waals surface area contributed by atoms with Crippen molar-refractivity contribution in [2.24, 2.45) is 4.99 Å². The standard InChI is InChI=1S/C29H30F6N2O3/c1-19(38)15-27(37-18-36-16-25(37)39)10-8-26(9-11-27,22-6-4-3-5-7-22)17-40-20(2)21-12-23(28(30,31)32)14-24(13-21)29(33,34)35/h3-7,12-14,18,20H,8-11,15-17H2,1-2H3/t20-,26?,27?/m1/s1. The Morgan fingerprint density at radius 3 is 2.02 bits per heavy atom. The lowest BCUT2D eigenvalue weighted by Crippen LogP contribution is -2.55. The molecule has 2 aromatic carbocycles. The van der Waals surface area contributed by atoms with E-state index in [0.717, 1.165) is 5.56 Å². The topological polar surface area (TPSA) is 59.0 Å². The van der Waals surface area contributed by atoms with Crippen LogP contribution in [0.5, 0.6) is 0 Å². The second-order valence-electron chi connectivity index (χ2n) is 10.8. The Hall–Kier alpha value is -3.21. The number of rotatable bonds is 8. The highest BCUT2D eigenvalue weighted by molar-refractivity contribution is 5.95. The van der Waals surface area contributed by atoms with Crippen LogP contribution < -0.4 is 0 Å². The molecule has 1 saturated carbocycles. The molecule has 216 valence electrons. The van der Waals surface area contributed by atoms with Gasteiger partial charge in [0.25, 0.3) is 0 Å². The molecule has 1 aliphatic carbocycles. The van der Waals surface area contributed by atoms with Gasteiger partial charge >= 0.3 is 12.4 Å². The number of alkyl halides is 6. The molecule has 1 amide bonds. The largest absolute Gasteiger partial charge is 0.416 e. The van der Waals surface area contributed by atoms with Gasteiger partial charge in [0.2, 0.25) is 5.91 Å². The normalized spacial score (nSPS) is 24.4. The van der Waals surface area contributed by atoms with E-state index >= 15 is 0 Å². The molecule has 0 spiro atoms. The SMILES string of the molecule is CC(=O)CC1(N2C=NCC2=O)CCC(CO[C@H](C)c2cc(C(F)(F)F)cc(C(F)(F)F)c2)(c2ccccc2)CC1. The third kappa shape index (κ3) is 6.24. The highest BCUT2D eigenvalue weighted by Gasteiger charge is 2.49. The number of hydrogen-bond acceptors (Lipinski definition) is 4. The Morgan fingerprint density at radius 2 is 1.55 bits per heavy atom. The first-order valence-electron chi connectivity index (χ1n) is 12.9. The minimum absolute atomic E-state index is 0.0149. The summed E-state index contributed by atoms with van der Waals surface area (Å²) in [4.78, 5) is 30.4. The molecule has 1 aliphatic heterocycles. The summed E-state index contributed by atoms with van der Waals surface area (Å²) in [5.74, 6) is -0.265. The number of carbonyl (C=O) groups excluding carboxylic acids is 2. The summed E-state index contributed by atoms with van der Waals surface area (Å²) in [6, 6.07) is 10.8. The van der Waals surface area contributed by atoms with E-state index in [9.17, 15) is 35.9 Å². The first-order valence-corrected chi connectivity index (χ1v) is 12.9. The Morgan fingerprint density at radius 1 is 0.975 bits per heavy atom. The zero-order valence-electron chi connectivity index (χ0n) is 22.1. The fourth-order valence-electron chi connectivity index (χ4n) is 5.79. The summed E-state index contributed by atoms with van der Waals surface area (Å²) in [6.07, 6.45) is -7.52. The van der Waals surface area contributed by atoms with Gasteiger partial charge in [-0.1, -0.05) is 30.3 Å². The van der Waals surface area contributed by atoms with Crippen molar-refractivity contribution >= 4 is 18.0 Å². The summed E-state index contributed by atoms with van der Waals surface area (Å²) in [5.41, 5.74) is -3.51. The van der Waals surface area contributed by atoms with Gasteiger partial charge in [0.15, 0.2) is 0 Å². The average molecular weight is 569 g/mol.